The topological polar surface area (TPSA) is 46.0 Å². The number of nitrogens with one attached hydrogen (secondary N) is 1. The molecular weight excluding hydrogens is 379 g/mol. The van der Waals surface area contributed by atoms with Gasteiger partial charge < -0.3 is 10.2 Å². The lowest BCUT2D eigenvalue weighted by molar-refractivity contribution is -0.137. The van der Waals surface area contributed by atoms with Crippen LogP contribution in [0.5, 0.6) is 0 Å². The van der Waals surface area contributed by atoms with Crippen molar-refractivity contribution in [1.29, 1.82) is 0 Å². The SMILES string of the molecule is FC(F)(F)c1ccc(N2CCC(NCc3ccc(-n4cccn4)cc3)CC2)nc1. The second-order valence-electron chi connectivity index (χ2n) is 7.16. The van der Waals surface area contributed by atoms with Gasteiger partial charge in [-0.05, 0) is 48.7 Å². The Bertz CT molecular complexity index is 897. The zero-order valence-electron chi connectivity index (χ0n) is 15.8. The predicted molar refractivity (Wildman–Crippen MR) is 105 cm³/mol. The van der Waals surface area contributed by atoms with E-state index in [1.165, 1.54) is 11.6 Å². The van der Waals surface area contributed by atoms with Crippen LogP contribution in [0.1, 0.15) is 24.0 Å². The van der Waals surface area contributed by atoms with Crippen molar-refractivity contribution < 1.29 is 13.2 Å². The molecule has 1 aliphatic rings. The maximum atomic E-state index is 12.7. The van der Waals surface area contributed by atoms with Gasteiger partial charge >= 0.3 is 6.18 Å². The quantitative estimate of drug-likeness (QED) is 0.701. The number of hydrogen-bond acceptors (Lipinski definition) is 4. The Hall–Kier alpha value is -2.87. The largest absolute Gasteiger partial charge is 0.417 e. The van der Waals surface area contributed by atoms with E-state index in [0.29, 0.717) is 11.9 Å². The molecule has 152 valence electrons. The minimum atomic E-state index is -4.35. The molecule has 0 unspecified atom stereocenters. The number of halogens is 3. The molecule has 1 aliphatic heterocycles. The molecule has 0 aliphatic carbocycles. The van der Waals surface area contributed by atoms with E-state index in [9.17, 15) is 13.2 Å². The lowest BCUT2D eigenvalue weighted by Gasteiger charge is -2.33. The van der Waals surface area contributed by atoms with E-state index in [0.717, 1.165) is 50.4 Å². The normalized spacial score (nSPS) is 15.6. The van der Waals surface area contributed by atoms with Crippen molar-refractivity contribution >= 4 is 5.82 Å². The van der Waals surface area contributed by atoms with Crippen LogP contribution in [-0.4, -0.2) is 33.9 Å². The van der Waals surface area contributed by atoms with E-state index in [1.807, 2.05) is 34.0 Å². The van der Waals surface area contributed by atoms with Gasteiger partial charge in [0, 0.05) is 44.3 Å². The molecule has 0 saturated carbocycles. The Morgan fingerprint density at radius 2 is 1.79 bits per heavy atom. The zero-order chi connectivity index (χ0) is 20.3. The maximum Gasteiger partial charge on any atom is 0.417 e. The highest BCUT2D eigenvalue weighted by molar-refractivity contribution is 5.40. The molecule has 3 heterocycles. The van der Waals surface area contributed by atoms with E-state index in [1.54, 1.807) is 6.20 Å². The van der Waals surface area contributed by atoms with Crippen molar-refractivity contribution in [2.24, 2.45) is 0 Å². The minimum absolute atomic E-state index is 0.381. The molecule has 2 aromatic heterocycles. The summed E-state index contributed by atoms with van der Waals surface area (Å²) < 4.78 is 39.8. The van der Waals surface area contributed by atoms with Crippen LogP contribution in [0.3, 0.4) is 0 Å². The molecule has 0 spiro atoms. The van der Waals surface area contributed by atoms with Gasteiger partial charge in [-0.15, -0.1) is 0 Å². The molecule has 1 N–H and O–H groups in total. The first-order chi connectivity index (χ1) is 14.0. The van der Waals surface area contributed by atoms with Crippen LogP contribution in [0.25, 0.3) is 5.69 Å². The monoisotopic (exact) mass is 401 g/mol. The highest BCUT2D eigenvalue weighted by atomic mass is 19.4. The average molecular weight is 401 g/mol. The first-order valence-electron chi connectivity index (χ1n) is 9.59. The van der Waals surface area contributed by atoms with Crippen molar-refractivity contribution in [1.82, 2.24) is 20.1 Å². The lowest BCUT2D eigenvalue weighted by atomic mass is 10.0. The van der Waals surface area contributed by atoms with Gasteiger partial charge in [-0.3, -0.25) is 0 Å². The molecule has 3 aromatic rings. The van der Waals surface area contributed by atoms with Gasteiger partial charge in [0.2, 0.25) is 0 Å². The van der Waals surface area contributed by atoms with Crippen molar-refractivity contribution in [2.75, 3.05) is 18.0 Å². The molecule has 1 fully saturated rings. The third-order valence-corrected chi connectivity index (χ3v) is 5.19. The number of anilines is 1. The molecular formula is C21H22F3N5. The summed E-state index contributed by atoms with van der Waals surface area (Å²) in [5, 5.41) is 7.79. The van der Waals surface area contributed by atoms with Crippen LogP contribution in [-0.2, 0) is 12.7 Å². The van der Waals surface area contributed by atoms with Gasteiger partial charge in [0.15, 0.2) is 0 Å². The van der Waals surface area contributed by atoms with Crippen LogP contribution in [0.4, 0.5) is 19.0 Å². The van der Waals surface area contributed by atoms with Gasteiger partial charge in [-0.25, -0.2) is 9.67 Å². The standard InChI is InChI=1S/C21H22F3N5/c22-21(23,24)17-4-7-20(26-15-17)28-12-8-18(9-13-28)25-14-16-2-5-19(6-3-16)29-11-1-10-27-29/h1-7,10-11,15,18,25H,8-9,12-14H2. The molecule has 0 atom stereocenters. The molecule has 5 nitrogen and oxygen atoms in total. The smallest absolute Gasteiger partial charge is 0.357 e. The summed E-state index contributed by atoms with van der Waals surface area (Å²) in [5.74, 6) is 0.602. The predicted octanol–water partition coefficient (Wildman–Crippen LogP) is 4.04. The van der Waals surface area contributed by atoms with Gasteiger partial charge in [-0.1, -0.05) is 12.1 Å². The highest BCUT2D eigenvalue weighted by Gasteiger charge is 2.31. The highest BCUT2D eigenvalue weighted by Crippen LogP contribution is 2.29. The molecule has 0 bridgehead atoms. The Morgan fingerprint density at radius 1 is 1.03 bits per heavy atom. The Labute approximate surface area is 167 Å². The summed E-state index contributed by atoms with van der Waals surface area (Å²) in [6.45, 7) is 2.32. The van der Waals surface area contributed by atoms with E-state index in [2.05, 4.69) is 27.5 Å². The van der Waals surface area contributed by atoms with Gasteiger partial charge in [0.1, 0.15) is 5.82 Å². The third kappa shape index (κ3) is 4.76. The molecule has 0 amide bonds. The van der Waals surface area contributed by atoms with Crippen LogP contribution in [0, 0.1) is 0 Å². The number of piperidine rings is 1. The summed E-state index contributed by atoms with van der Waals surface area (Å²) in [4.78, 5) is 6.03. The second-order valence-corrected chi connectivity index (χ2v) is 7.16. The van der Waals surface area contributed by atoms with Crippen LogP contribution in [0.2, 0.25) is 0 Å². The number of nitrogens with zero attached hydrogens (tertiary/aromatic N) is 4. The van der Waals surface area contributed by atoms with Crippen molar-refractivity contribution in [3.05, 3.63) is 72.2 Å². The van der Waals surface area contributed by atoms with E-state index < -0.39 is 11.7 Å². The second kappa shape index (κ2) is 8.24. The van der Waals surface area contributed by atoms with Crippen molar-refractivity contribution in [2.45, 2.75) is 31.6 Å². The number of rotatable bonds is 5. The maximum absolute atomic E-state index is 12.7. The van der Waals surface area contributed by atoms with E-state index >= 15 is 0 Å². The summed E-state index contributed by atoms with van der Waals surface area (Å²) in [7, 11) is 0. The van der Waals surface area contributed by atoms with Crippen LogP contribution < -0.4 is 10.2 Å². The summed E-state index contributed by atoms with van der Waals surface area (Å²) in [6.07, 6.45) is 2.07. The van der Waals surface area contributed by atoms with Gasteiger partial charge in [0.25, 0.3) is 0 Å². The van der Waals surface area contributed by atoms with E-state index in [4.69, 9.17) is 0 Å². The number of alkyl halides is 3. The van der Waals surface area contributed by atoms with E-state index in [-0.39, 0.29) is 0 Å². The number of pyridine rings is 1. The average Bonchev–Trinajstić information content (AvgIpc) is 3.27. The summed E-state index contributed by atoms with van der Waals surface area (Å²) in [5.41, 5.74) is 1.51. The number of aromatic nitrogens is 3. The fourth-order valence-electron chi connectivity index (χ4n) is 3.50. The first-order valence-corrected chi connectivity index (χ1v) is 9.59. The molecule has 4 rings (SSSR count). The van der Waals surface area contributed by atoms with Crippen molar-refractivity contribution in [3.8, 4) is 5.69 Å². The zero-order valence-corrected chi connectivity index (χ0v) is 15.8. The number of benzene rings is 1. The molecule has 8 heteroatoms. The van der Waals surface area contributed by atoms with Gasteiger partial charge in [-0.2, -0.15) is 18.3 Å². The first kappa shape index (κ1) is 19.4. The van der Waals surface area contributed by atoms with Crippen molar-refractivity contribution in [3.63, 3.8) is 0 Å². The minimum Gasteiger partial charge on any atom is -0.357 e. The number of hydrogen-bond donors (Lipinski definition) is 1. The Morgan fingerprint density at radius 3 is 2.38 bits per heavy atom. The van der Waals surface area contributed by atoms with Gasteiger partial charge in [0.05, 0.1) is 11.3 Å². The molecule has 29 heavy (non-hydrogen) atoms. The molecule has 0 radical (unpaired) electrons. The van der Waals surface area contributed by atoms with Crippen LogP contribution in [0.15, 0.2) is 61.1 Å². The third-order valence-electron chi connectivity index (χ3n) is 5.19. The molecule has 1 saturated heterocycles. The van der Waals surface area contributed by atoms with Crippen LogP contribution >= 0.6 is 0 Å². The summed E-state index contributed by atoms with van der Waals surface area (Å²) >= 11 is 0. The summed E-state index contributed by atoms with van der Waals surface area (Å²) in [6, 6.07) is 13.1. The Kier molecular flexibility index (Phi) is 5.53. The Balaban J connectivity index is 1.26. The fraction of sp³-hybridized carbons (Fsp3) is 0.333. The lowest BCUT2D eigenvalue weighted by Crippen LogP contribution is -2.42. The molecule has 1 aromatic carbocycles. The fourth-order valence-corrected chi connectivity index (χ4v) is 3.50.